The van der Waals surface area contributed by atoms with Crippen molar-refractivity contribution in [3.8, 4) is 0 Å². The fraction of sp³-hybridized carbons (Fsp3) is 0.385. The van der Waals surface area contributed by atoms with Gasteiger partial charge >= 0.3 is 5.69 Å². The number of nitrogens with one attached hydrogen (secondary N) is 2. The first-order valence-corrected chi connectivity index (χ1v) is 6.43. The number of para-hydroxylation sites is 1. The van der Waals surface area contributed by atoms with Crippen LogP contribution in [0.2, 0.25) is 0 Å². The molecule has 2 amide bonds. The van der Waals surface area contributed by atoms with Crippen molar-refractivity contribution in [2.24, 2.45) is 0 Å². The van der Waals surface area contributed by atoms with E-state index in [-0.39, 0.29) is 36.2 Å². The smallest absolute Gasteiger partial charge is 0.304 e. The van der Waals surface area contributed by atoms with Crippen molar-refractivity contribution in [3.63, 3.8) is 0 Å². The number of nitrogen functional groups attached to an aromatic ring is 1. The molecule has 0 radical (unpaired) electrons. The highest BCUT2D eigenvalue weighted by Gasteiger charge is 2.22. The molecule has 0 aliphatic rings. The summed E-state index contributed by atoms with van der Waals surface area (Å²) in [6.07, 6.45) is 0.0973. The van der Waals surface area contributed by atoms with Gasteiger partial charge in [0.1, 0.15) is 11.3 Å². The van der Waals surface area contributed by atoms with E-state index in [9.17, 15) is 19.7 Å². The highest BCUT2D eigenvalue weighted by atomic mass is 16.6. The van der Waals surface area contributed by atoms with Crippen molar-refractivity contribution in [2.45, 2.75) is 26.3 Å². The van der Waals surface area contributed by atoms with Crippen LogP contribution in [0.25, 0.3) is 0 Å². The van der Waals surface area contributed by atoms with E-state index in [0.29, 0.717) is 0 Å². The summed E-state index contributed by atoms with van der Waals surface area (Å²) >= 11 is 0. The van der Waals surface area contributed by atoms with Gasteiger partial charge in [-0.2, -0.15) is 0 Å². The summed E-state index contributed by atoms with van der Waals surface area (Å²) in [4.78, 5) is 33.6. The number of benzene rings is 1. The molecule has 0 unspecified atom stereocenters. The number of nitro benzene ring substituents is 1. The molecule has 21 heavy (non-hydrogen) atoms. The summed E-state index contributed by atoms with van der Waals surface area (Å²) in [5.41, 5.74) is 4.88. The van der Waals surface area contributed by atoms with Gasteiger partial charge in [-0.3, -0.25) is 19.7 Å². The number of nitro groups is 1. The van der Waals surface area contributed by atoms with Crippen LogP contribution in [0, 0.1) is 10.1 Å². The van der Waals surface area contributed by atoms with Gasteiger partial charge in [0.05, 0.1) is 4.92 Å². The third kappa shape index (κ3) is 4.75. The topological polar surface area (TPSA) is 127 Å². The number of anilines is 1. The van der Waals surface area contributed by atoms with Gasteiger partial charge in [0.15, 0.2) is 0 Å². The Bertz CT molecular complexity index is 557. The van der Waals surface area contributed by atoms with Crippen molar-refractivity contribution in [1.29, 1.82) is 0 Å². The van der Waals surface area contributed by atoms with Crippen LogP contribution in [0.1, 0.15) is 30.6 Å². The second-order valence-electron chi connectivity index (χ2n) is 4.73. The molecule has 0 aliphatic heterocycles. The average Bonchev–Trinajstić information content (AvgIpc) is 2.36. The van der Waals surface area contributed by atoms with Gasteiger partial charge in [-0.25, -0.2) is 0 Å². The Morgan fingerprint density at radius 3 is 2.62 bits per heavy atom. The Kier molecular flexibility index (Phi) is 5.65. The number of nitrogens with zero attached hydrogens (tertiary/aromatic N) is 1. The highest BCUT2D eigenvalue weighted by molar-refractivity contribution is 6.00. The second-order valence-corrected chi connectivity index (χ2v) is 4.73. The maximum Gasteiger partial charge on any atom is 0.304 e. The Hall–Kier alpha value is -2.64. The molecule has 8 heteroatoms. The number of hydrogen-bond acceptors (Lipinski definition) is 5. The molecule has 0 atom stereocenters. The first-order valence-electron chi connectivity index (χ1n) is 6.43. The predicted molar refractivity (Wildman–Crippen MR) is 77.7 cm³/mol. The fourth-order valence-electron chi connectivity index (χ4n) is 1.73. The van der Waals surface area contributed by atoms with Crippen molar-refractivity contribution >= 4 is 23.2 Å². The van der Waals surface area contributed by atoms with E-state index in [1.165, 1.54) is 18.2 Å². The van der Waals surface area contributed by atoms with Crippen LogP contribution >= 0.6 is 0 Å². The zero-order valence-electron chi connectivity index (χ0n) is 11.9. The van der Waals surface area contributed by atoms with E-state index >= 15 is 0 Å². The van der Waals surface area contributed by atoms with E-state index in [2.05, 4.69) is 10.6 Å². The standard InChI is InChI=1S/C13H18N4O4/c1-8(2)16-11(18)6-7-15-13(19)9-4-3-5-10(14)12(9)17(20)21/h3-5,8H,6-7,14H2,1-2H3,(H,15,19)(H,16,18). The maximum absolute atomic E-state index is 11.9. The zero-order chi connectivity index (χ0) is 16.0. The van der Waals surface area contributed by atoms with Crippen LogP contribution in [0.5, 0.6) is 0 Å². The molecule has 1 aromatic carbocycles. The Morgan fingerprint density at radius 2 is 2.05 bits per heavy atom. The molecular weight excluding hydrogens is 276 g/mol. The number of nitrogens with two attached hydrogens (primary N) is 1. The van der Waals surface area contributed by atoms with Gasteiger partial charge < -0.3 is 16.4 Å². The predicted octanol–water partition coefficient (Wildman–Crippen LogP) is 0.821. The third-order valence-corrected chi connectivity index (χ3v) is 2.58. The van der Waals surface area contributed by atoms with Crippen molar-refractivity contribution < 1.29 is 14.5 Å². The molecule has 1 aromatic rings. The number of rotatable bonds is 6. The van der Waals surface area contributed by atoms with Gasteiger partial charge in [-0.1, -0.05) is 6.07 Å². The summed E-state index contributed by atoms with van der Waals surface area (Å²) in [6.45, 7) is 3.74. The molecule has 0 spiro atoms. The minimum Gasteiger partial charge on any atom is -0.393 e. The number of carbonyl (C=O) groups excluding carboxylic acids is 2. The molecular formula is C13H18N4O4. The van der Waals surface area contributed by atoms with Crippen LogP contribution < -0.4 is 16.4 Å². The molecule has 0 fully saturated rings. The molecule has 0 saturated carbocycles. The van der Waals surface area contributed by atoms with Crippen LogP contribution in [0.15, 0.2) is 18.2 Å². The van der Waals surface area contributed by atoms with Gasteiger partial charge in [0.2, 0.25) is 5.91 Å². The summed E-state index contributed by atoms with van der Waals surface area (Å²) in [7, 11) is 0. The van der Waals surface area contributed by atoms with Crippen molar-refractivity contribution in [3.05, 3.63) is 33.9 Å². The largest absolute Gasteiger partial charge is 0.393 e. The normalized spacial score (nSPS) is 10.2. The minimum absolute atomic E-state index is 0.0169. The van der Waals surface area contributed by atoms with Gasteiger partial charge in [-0.05, 0) is 26.0 Å². The van der Waals surface area contributed by atoms with E-state index in [0.717, 1.165) is 0 Å². The van der Waals surface area contributed by atoms with Gasteiger partial charge in [-0.15, -0.1) is 0 Å². The monoisotopic (exact) mass is 294 g/mol. The first-order chi connectivity index (χ1) is 9.82. The molecule has 0 bridgehead atoms. The molecule has 0 aromatic heterocycles. The molecule has 8 nitrogen and oxygen atoms in total. The van der Waals surface area contributed by atoms with Gasteiger partial charge in [0, 0.05) is 19.0 Å². The summed E-state index contributed by atoms with van der Waals surface area (Å²) < 4.78 is 0. The number of hydrogen-bond donors (Lipinski definition) is 3. The van der Waals surface area contributed by atoms with Crippen LogP contribution in [0.3, 0.4) is 0 Å². The van der Waals surface area contributed by atoms with Gasteiger partial charge in [0.25, 0.3) is 5.91 Å². The molecule has 1 rings (SSSR count). The Labute approximate surface area is 121 Å². The maximum atomic E-state index is 11.9. The van der Waals surface area contributed by atoms with Crippen LogP contribution in [-0.4, -0.2) is 29.3 Å². The SMILES string of the molecule is CC(C)NC(=O)CCNC(=O)c1cccc(N)c1[N+](=O)[O-]. The lowest BCUT2D eigenvalue weighted by molar-refractivity contribution is -0.384. The third-order valence-electron chi connectivity index (χ3n) is 2.58. The zero-order valence-corrected chi connectivity index (χ0v) is 11.9. The van der Waals surface area contributed by atoms with Crippen molar-refractivity contribution in [1.82, 2.24) is 10.6 Å². The summed E-state index contributed by atoms with van der Waals surface area (Å²) in [5.74, 6) is -0.835. The Morgan fingerprint density at radius 1 is 1.38 bits per heavy atom. The number of carbonyl (C=O) groups is 2. The quantitative estimate of drug-likeness (QED) is 0.406. The molecule has 114 valence electrons. The summed E-state index contributed by atoms with van der Waals surface area (Å²) in [6, 6.07) is 4.15. The lowest BCUT2D eigenvalue weighted by Gasteiger charge is -2.09. The number of amides is 2. The Balaban J connectivity index is 2.67. The van der Waals surface area contributed by atoms with E-state index in [4.69, 9.17) is 5.73 Å². The average molecular weight is 294 g/mol. The fourth-order valence-corrected chi connectivity index (χ4v) is 1.73. The highest BCUT2D eigenvalue weighted by Crippen LogP contribution is 2.25. The van der Waals surface area contributed by atoms with E-state index in [1.807, 2.05) is 13.8 Å². The van der Waals surface area contributed by atoms with Crippen LogP contribution in [-0.2, 0) is 4.79 Å². The first kappa shape index (κ1) is 16.4. The second kappa shape index (κ2) is 7.22. The molecule has 0 aliphatic carbocycles. The lowest BCUT2D eigenvalue weighted by Crippen LogP contribution is -2.34. The summed E-state index contributed by atoms with van der Waals surface area (Å²) in [5, 5.41) is 16.1. The lowest BCUT2D eigenvalue weighted by atomic mass is 10.1. The molecule has 4 N–H and O–H groups in total. The molecule has 0 saturated heterocycles. The minimum atomic E-state index is -0.699. The van der Waals surface area contributed by atoms with Crippen LogP contribution in [0.4, 0.5) is 11.4 Å². The van der Waals surface area contributed by atoms with Crippen molar-refractivity contribution in [2.75, 3.05) is 12.3 Å². The van der Waals surface area contributed by atoms with E-state index in [1.54, 1.807) is 0 Å². The molecule has 0 heterocycles. The van der Waals surface area contributed by atoms with E-state index < -0.39 is 16.5 Å².